The van der Waals surface area contributed by atoms with Gasteiger partial charge in [-0.15, -0.1) is 0 Å². The number of ether oxygens (including phenoxy) is 1. The smallest absolute Gasteiger partial charge is 0.117 e. The summed E-state index contributed by atoms with van der Waals surface area (Å²) in [6.07, 6.45) is 1.32. The number of methoxy groups -OCH3 is 1. The molecule has 0 spiro atoms. The average Bonchev–Trinajstić information content (AvgIpc) is 2.66. The Bertz CT molecular complexity index is 246. The van der Waals surface area contributed by atoms with Gasteiger partial charge in [-0.3, -0.25) is 4.90 Å². The Morgan fingerprint density at radius 1 is 1.60 bits per heavy atom. The number of aliphatic hydroxyl groups is 1. The molecule has 0 aliphatic rings. The van der Waals surface area contributed by atoms with E-state index in [1.807, 2.05) is 12.1 Å². The molecule has 0 aliphatic heterocycles. The van der Waals surface area contributed by atoms with Gasteiger partial charge in [0.2, 0.25) is 0 Å². The number of hydrogen-bond acceptors (Lipinski definition) is 4. The van der Waals surface area contributed by atoms with Gasteiger partial charge in [0.15, 0.2) is 0 Å². The predicted octanol–water partition coefficient (Wildman–Crippen LogP) is 1.11. The van der Waals surface area contributed by atoms with Crippen LogP contribution in [0.1, 0.15) is 12.7 Å². The first-order valence-corrected chi connectivity index (χ1v) is 5.14. The zero-order chi connectivity index (χ0) is 11.1. The highest BCUT2D eigenvalue weighted by atomic mass is 16.5. The number of furan rings is 1. The quantitative estimate of drug-likeness (QED) is 0.737. The number of aliphatic hydroxyl groups excluding tert-OH is 1. The molecule has 1 rings (SSSR count). The predicted molar refractivity (Wildman–Crippen MR) is 57.5 cm³/mol. The lowest BCUT2D eigenvalue weighted by atomic mass is 10.3. The van der Waals surface area contributed by atoms with Gasteiger partial charge in [-0.1, -0.05) is 0 Å². The van der Waals surface area contributed by atoms with Crippen LogP contribution in [0.3, 0.4) is 0 Å². The van der Waals surface area contributed by atoms with Crippen LogP contribution < -0.4 is 0 Å². The minimum absolute atomic E-state index is 0.336. The van der Waals surface area contributed by atoms with E-state index in [0.717, 1.165) is 12.3 Å². The van der Waals surface area contributed by atoms with E-state index in [0.29, 0.717) is 19.7 Å². The molecule has 0 aliphatic carbocycles. The Morgan fingerprint density at radius 2 is 2.40 bits per heavy atom. The van der Waals surface area contributed by atoms with Crippen molar-refractivity contribution in [3.63, 3.8) is 0 Å². The van der Waals surface area contributed by atoms with E-state index in [1.54, 1.807) is 20.3 Å². The van der Waals surface area contributed by atoms with Crippen molar-refractivity contribution in [2.45, 2.75) is 19.6 Å². The Kier molecular flexibility index (Phi) is 5.39. The van der Waals surface area contributed by atoms with Gasteiger partial charge in [0.25, 0.3) is 0 Å². The maximum absolute atomic E-state index is 9.34. The second-order valence-corrected chi connectivity index (χ2v) is 3.66. The molecule has 0 amide bonds. The third-order valence-corrected chi connectivity index (χ3v) is 2.09. The molecule has 1 aromatic heterocycles. The maximum Gasteiger partial charge on any atom is 0.117 e. The van der Waals surface area contributed by atoms with E-state index in [9.17, 15) is 5.11 Å². The minimum atomic E-state index is -0.336. The Morgan fingerprint density at radius 3 is 2.93 bits per heavy atom. The molecular formula is C11H19NO3. The molecule has 0 bridgehead atoms. The van der Waals surface area contributed by atoms with Crippen molar-refractivity contribution in [1.82, 2.24) is 4.90 Å². The third kappa shape index (κ3) is 4.97. The van der Waals surface area contributed by atoms with Crippen LogP contribution in [0.5, 0.6) is 0 Å². The van der Waals surface area contributed by atoms with E-state index in [1.165, 1.54) is 0 Å². The lowest BCUT2D eigenvalue weighted by Crippen LogP contribution is -2.33. The van der Waals surface area contributed by atoms with Crippen molar-refractivity contribution in [1.29, 1.82) is 0 Å². The third-order valence-electron chi connectivity index (χ3n) is 2.09. The second kappa shape index (κ2) is 6.61. The number of rotatable bonds is 7. The highest BCUT2D eigenvalue weighted by Crippen LogP contribution is 2.05. The Balaban J connectivity index is 2.41. The molecule has 15 heavy (non-hydrogen) atoms. The zero-order valence-corrected chi connectivity index (χ0v) is 9.35. The van der Waals surface area contributed by atoms with Crippen LogP contribution in [-0.2, 0) is 11.3 Å². The molecule has 0 fully saturated rings. The summed E-state index contributed by atoms with van der Waals surface area (Å²) in [7, 11) is 1.67. The summed E-state index contributed by atoms with van der Waals surface area (Å²) in [6, 6.07) is 3.80. The molecule has 1 unspecified atom stereocenters. The molecule has 0 saturated heterocycles. The lowest BCUT2D eigenvalue weighted by Gasteiger charge is -2.22. The van der Waals surface area contributed by atoms with Crippen LogP contribution in [0, 0.1) is 0 Å². The highest BCUT2D eigenvalue weighted by Gasteiger charge is 2.09. The van der Waals surface area contributed by atoms with Crippen LogP contribution in [0.4, 0.5) is 0 Å². The molecule has 4 nitrogen and oxygen atoms in total. The molecular weight excluding hydrogens is 194 g/mol. The summed E-state index contributed by atoms with van der Waals surface area (Å²) in [6.45, 7) is 4.57. The van der Waals surface area contributed by atoms with Crippen molar-refractivity contribution < 1.29 is 14.3 Å². The first kappa shape index (κ1) is 12.2. The molecule has 1 aromatic rings. The molecule has 1 heterocycles. The molecule has 0 saturated carbocycles. The minimum Gasteiger partial charge on any atom is -0.468 e. The summed E-state index contributed by atoms with van der Waals surface area (Å²) < 4.78 is 10.3. The fourth-order valence-corrected chi connectivity index (χ4v) is 1.45. The molecule has 1 atom stereocenters. The van der Waals surface area contributed by atoms with Crippen molar-refractivity contribution in [3.8, 4) is 0 Å². The Labute approximate surface area is 90.4 Å². The lowest BCUT2D eigenvalue weighted by molar-refractivity contribution is 0.0899. The normalized spacial score (nSPS) is 13.3. The van der Waals surface area contributed by atoms with E-state index in [2.05, 4.69) is 4.90 Å². The monoisotopic (exact) mass is 213 g/mol. The largest absolute Gasteiger partial charge is 0.468 e. The fourth-order valence-electron chi connectivity index (χ4n) is 1.45. The molecule has 4 heteroatoms. The number of hydrogen-bond donors (Lipinski definition) is 1. The first-order valence-electron chi connectivity index (χ1n) is 5.14. The molecule has 1 N–H and O–H groups in total. The molecule has 0 aromatic carbocycles. The van der Waals surface area contributed by atoms with Gasteiger partial charge in [0.1, 0.15) is 5.76 Å². The van der Waals surface area contributed by atoms with Crippen molar-refractivity contribution in [2.24, 2.45) is 0 Å². The van der Waals surface area contributed by atoms with Crippen molar-refractivity contribution in [3.05, 3.63) is 24.2 Å². The number of nitrogens with zero attached hydrogens (tertiary/aromatic N) is 1. The molecule has 86 valence electrons. The summed E-state index contributed by atoms with van der Waals surface area (Å²) in [4.78, 5) is 2.10. The molecule has 0 radical (unpaired) electrons. The Hall–Kier alpha value is -0.840. The van der Waals surface area contributed by atoms with Gasteiger partial charge in [-0.05, 0) is 19.1 Å². The van der Waals surface area contributed by atoms with Crippen molar-refractivity contribution >= 4 is 0 Å². The summed E-state index contributed by atoms with van der Waals surface area (Å²) >= 11 is 0. The van der Waals surface area contributed by atoms with Crippen LogP contribution in [0.2, 0.25) is 0 Å². The highest BCUT2D eigenvalue weighted by molar-refractivity contribution is 4.97. The average molecular weight is 213 g/mol. The SMILES string of the molecule is COCCN(Cc1ccco1)CC(C)O. The van der Waals surface area contributed by atoms with Crippen LogP contribution >= 0.6 is 0 Å². The van der Waals surface area contributed by atoms with Gasteiger partial charge >= 0.3 is 0 Å². The van der Waals surface area contributed by atoms with E-state index >= 15 is 0 Å². The fraction of sp³-hybridized carbons (Fsp3) is 0.636. The van der Waals surface area contributed by atoms with Gasteiger partial charge in [-0.2, -0.15) is 0 Å². The second-order valence-electron chi connectivity index (χ2n) is 3.66. The van der Waals surface area contributed by atoms with Crippen LogP contribution in [0.25, 0.3) is 0 Å². The van der Waals surface area contributed by atoms with Gasteiger partial charge in [0.05, 0.1) is 25.5 Å². The van der Waals surface area contributed by atoms with Gasteiger partial charge in [-0.25, -0.2) is 0 Å². The summed E-state index contributed by atoms with van der Waals surface area (Å²) in [5.74, 6) is 0.909. The first-order chi connectivity index (χ1) is 7.22. The summed E-state index contributed by atoms with van der Waals surface area (Å²) in [5, 5.41) is 9.34. The summed E-state index contributed by atoms with van der Waals surface area (Å²) in [5.41, 5.74) is 0. The van der Waals surface area contributed by atoms with E-state index in [-0.39, 0.29) is 6.10 Å². The zero-order valence-electron chi connectivity index (χ0n) is 9.35. The standard InChI is InChI=1S/C11H19NO3/c1-10(13)8-12(5-7-14-2)9-11-4-3-6-15-11/h3-4,6,10,13H,5,7-9H2,1-2H3. The van der Waals surface area contributed by atoms with E-state index < -0.39 is 0 Å². The van der Waals surface area contributed by atoms with Gasteiger partial charge < -0.3 is 14.3 Å². The topological polar surface area (TPSA) is 45.8 Å². The van der Waals surface area contributed by atoms with Gasteiger partial charge in [0, 0.05) is 20.2 Å². The van der Waals surface area contributed by atoms with Crippen LogP contribution in [-0.4, -0.2) is 42.9 Å². The van der Waals surface area contributed by atoms with E-state index in [4.69, 9.17) is 9.15 Å². The van der Waals surface area contributed by atoms with Crippen molar-refractivity contribution in [2.75, 3.05) is 26.8 Å². The van der Waals surface area contributed by atoms with Crippen LogP contribution in [0.15, 0.2) is 22.8 Å². The maximum atomic E-state index is 9.34.